The van der Waals surface area contributed by atoms with Gasteiger partial charge in [-0.1, -0.05) is 103 Å². The first-order valence-electron chi connectivity index (χ1n) is 21.5. The van der Waals surface area contributed by atoms with E-state index >= 15 is 0 Å². The van der Waals surface area contributed by atoms with Crippen molar-refractivity contribution in [3.05, 3.63) is 59.3 Å². The standard InChI is InChI=1S/C45H70N6O7/c1-5-31(4)39(43(54)49-37(45(56)57)28-30(2)3)51-42(53)36(29-32-21-23-33(52)24-22-32)48-44(55)41-35(18-13-9-6-7-10-14-25-46)34-19-17-20-38(40(34)50-41)58-27-16-12-8-11-15-26-47/h17,19-24,30-31,36-37,39,50,52H,5-16,18,25-29,46-47H2,1-4H3,(H,48,55)(H,49,54)(H,51,53)(H,56,57)/t31-,36-,37-,39-/m0/s1. The summed E-state index contributed by atoms with van der Waals surface area (Å²) in [6.07, 6.45) is 12.7. The van der Waals surface area contributed by atoms with E-state index in [9.17, 15) is 29.4 Å². The average molecular weight is 807 g/mol. The summed E-state index contributed by atoms with van der Waals surface area (Å²) in [6.45, 7) is 9.36. The molecule has 58 heavy (non-hydrogen) atoms. The number of aryl methyl sites for hydroxylation is 1. The lowest BCUT2D eigenvalue weighted by molar-refractivity contribution is -0.143. The number of hydrogen-bond acceptors (Lipinski definition) is 8. The van der Waals surface area contributed by atoms with E-state index in [0.717, 1.165) is 87.1 Å². The summed E-state index contributed by atoms with van der Waals surface area (Å²) in [7, 11) is 0. The summed E-state index contributed by atoms with van der Waals surface area (Å²) in [4.78, 5) is 57.7. The second-order valence-corrected chi connectivity index (χ2v) is 16.0. The summed E-state index contributed by atoms with van der Waals surface area (Å²) in [6, 6.07) is 8.88. The van der Waals surface area contributed by atoms with E-state index in [-0.39, 0.29) is 30.4 Å². The fourth-order valence-corrected chi connectivity index (χ4v) is 7.15. The number of para-hydroxylation sites is 1. The summed E-state index contributed by atoms with van der Waals surface area (Å²) in [5, 5.41) is 29.1. The van der Waals surface area contributed by atoms with Crippen LogP contribution in [0, 0.1) is 11.8 Å². The molecule has 0 bridgehead atoms. The Morgan fingerprint density at radius 1 is 0.759 bits per heavy atom. The number of unbranched alkanes of at least 4 members (excludes halogenated alkanes) is 9. The van der Waals surface area contributed by atoms with Crippen molar-refractivity contribution in [1.82, 2.24) is 20.9 Å². The smallest absolute Gasteiger partial charge is 0.326 e. The van der Waals surface area contributed by atoms with Gasteiger partial charge in [-0.05, 0) is 92.8 Å². The molecule has 13 nitrogen and oxygen atoms in total. The van der Waals surface area contributed by atoms with Crippen molar-refractivity contribution in [2.24, 2.45) is 23.3 Å². The van der Waals surface area contributed by atoms with Crippen molar-refractivity contribution >= 4 is 34.6 Å². The predicted octanol–water partition coefficient (Wildman–Crippen LogP) is 6.49. The Morgan fingerprint density at radius 3 is 1.98 bits per heavy atom. The van der Waals surface area contributed by atoms with Gasteiger partial charge < -0.3 is 47.4 Å². The molecule has 4 atom stereocenters. The zero-order valence-electron chi connectivity index (χ0n) is 35.2. The fourth-order valence-electron chi connectivity index (χ4n) is 7.15. The number of fused-ring (bicyclic) bond motifs is 1. The molecule has 0 fully saturated rings. The number of hydrogen-bond donors (Lipinski definition) is 8. The molecule has 0 aliphatic rings. The highest BCUT2D eigenvalue weighted by atomic mass is 16.5. The van der Waals surface area contributed by atoms with Crippen molar-refractivity contribution in [3.63, 3.8) is 0 Å². The minimum Gasteiger partial charge on any atom is -0.508 e. The molecule has 13 heteroatoms. The van der Waals surface area contributed by atoms with E-state index in [0.29, 0.717) is 49.5 Å². The maximum Gasteiger partial charge on any atom is 0.326 e. The van der Waals surface area contributed by atoms with Gasteiger partial charge in [-0.25, -0.2) is 4.79 Å². The Bertz CT molecular complexity index is 1710. The second-order valence-electron chi connectivity index (χ2n) is 16.0. The van der Waals surface area contributed by atoms with E-state index in [1.54, 1.807) is 12.1 Å². The lowest BCUT2D eigenvalue weighted by atomic mass is 9.96. The molecule has 1 heterocycles. The van der Waals surface area contributed by atoms with Gasteiger partial charge in [-0.2, -0.15) is 0 Å². The molecule has 3 aromatic rings. The number of phenols is 1. The van der Waals surface area contributed by atoms with Gasteiger partial charge in [-0.3, -0.25) is 14.4 Å². The number of benzene rings is 2. The number of carbonyl (C=O) groups is 4. The summed E-state index contributed by atoms with van der Waals surface area (Å²) >= 11 is 0. The number of aliphatic carboxylic acids is 1. The average Bonchev–Trinajstić information content (AvgIpc) is 3.58. The SMILES string of the molecule is CC[C@H](C)[C@H](NC(=O)[C@H](Cc1ccc(O)cc1)NC(=O)c1[nH]c2c(OCCCCCCCN)cccc2c1CCCCCCCCN)C(=O)N[C@@H](CC(C)C)C(=O)O. The summed E-state index contributed by atoms with van der Waals surface area (Å²) in [5.41, 5.74) is 13.9. The monoisotopic (exact) mass is 807 g/mol. The van der Waals surface area contributed by atoms with E-state index in [1.807, 2.05) is 45.9 Å². The van der Waals surface area contributed by atoms with E-state index in [2.05, 4.69) is 20.9 Å². The Labute approximate surface area is 344 Å². The number of phenolic OH excluding ortho intramolecular Hbond substituents is 1. The van der Waals surface area contributed by atoms with Gasteiger partial charge in [0.15, 0.2) is 0 Å². The summed E-state index contributed by atoms with van der Waals surface area (Å²) < 4.78 is 6.27. The van der Waals surface area contributed by atoms with Crippen LogP contribution in [0.4, 0.5) is 0 Å². The first kappa shape index (κ1) is 47.8. The fraction of sp³-hybridized carbons (Fsp3) is 0.600. The highest BCUT2D eigenvalue weighted by Gasteiger charge is 2.33. The molecule has 1 aromatic heterocycles. The number of amides is 3. The van der Waals surface area contributed by atoms with E-state index in [4.69, 9.17) is 16.2 Å². The minimum atomic E-state index is -1.15. The van der Waals surface area contributed by atoms with Crippen LogP contribution in [0.3, 0.4) is 0 Å². The summed E-state index contributed by atoms with van der Waals surface area (Å²) in [5.74, 6) is -2.45. The van der Waals surface area contributed by atoms with E-state index in [1.165, 1.54) is 12.1 Å². The van der Waals surface area contributed by atoms with E-state index < -0.39 is 41.8 Å². The highest BCUT2D eigenvalue weighted by Crippen LogP contribution is 2.32. The highest BCUT2D eigenvalue weighted by molar-refractivity contribution is 6.04. The zero-order chi connectivity index (χ0) is 42.5. The Morgan fingerprint density at radius 2 is 1.38 bits per heavy atom. The van der Waals surface area contributed by atoms with Crippen molar-refractivity contribution in [1.29, 1.82) is 0 Å². The number of nitrogens with two attached hydrogens (primary N) is 2. The van der Waals surface area contributed by atoms with Crippen LogP contribution in [0.15, 0.2) is 42.5 Å². The van der Waals surface area contributed by atoms with Crippen LogP contribution < -0.4 is 32.2 Å². The molecular weight excluding hydrogens is 737 g/mol. The van der Waals surface area contributed by atoms with Gasteiger partial charge in [0.2, 0.25) is 11.8 Å². The largest absolute Gasteiger partial charge is 0.508 e. The molecule has 10 N–H and O–H groups in total. The molecule has 0 unspecified atom stereocenters. The van der Waals surface area contributed by atoms with Gasteiger partial charge in [-0.15, -0.1) is 0 Å². The maximum atomic E-state index is 14.5. The number of aromatic amines is 1. The van der Waals surface area contributed by atoms with Gasteiger partial charge in [0.1, 0.15) is 35.3 Å². The van der Waals surface area contributed by atoms with Crippen molar-refractivity contribution in [2.45, 2.75) is 142 Å². The molecule has 3 rings (SSSR count). The first-order chi connectivity index (χ1) is 27.9. The van der Waals surface area contributed by atoms with Crippen LogP contribution in [0.2, 0.25) is 0 Å². The van der Waals surface area contributed by atoms with Crippen LogP contribution in [0.5, 0.6) is 11.5 Å². The number of nitrogens with one attached hydrogen (secondary N) is 4. The lowest BCUT2D eigenvalue weighted by Crippen LogP contribution is -2.58. The van der Waals surface area contributed by atoms with Crippen molar-refractivity contribution in [3.8, 4) is 11.5 Å². The van der Waals surface area contributed by atoms with Gasteiger partial charge in [0.25, 0.3) is 5.91 Å². The number of H-pyrrole nitrogens is 1. The van der Waals surface area contributed by atoms with Crippen LogP contribution >= 0.6 is 0 Å². The normalized spacial score (nSPS) is 13.5. The molecule has 0 aliphatic heterocycles. The van der Waals surface area contributed by atoms with Gasteiger partial charge in [0, 0.05) is 11.8 Å². The molecular formula is C45H70N6O7. The number of aromatic nitrogens is 1. The number of ether oxygens (including phenoxy) is 1. The van der Waals surface area contributed by atoms with Crippen LogP contribution in [-0.4, -0.2) is 76.7 Å². The Balaban J connectivity index is 1.94. The minimum absolute atomic E-state index is 0.0121. The second kappa shape index (κ2) is 25.7. The molecule has 0 radical (unpaired) electrons. The van der Waals surface area contributed by atoms with Crippen molar-refractivity contribution in [2.75, 3.05) is 19.7 Å². The Hall–Kier alpha value is -4.62. The molecule has 322 valence electrons. The number of aromatic hydroxyl groups is 1. The number of carboxylic acid groups (broad SMARTS) is 1. The molecule has 0 saturated carbocycles. The topological polar surface area (TPSA) is 222 Å². The molecule has 3 amide bonds. The maximum absolute atomic E-state index is 14.5. The molecule has 0 saturated heterocycles. The van der Waals surface area contributed by atoms with Gasteiger partial charge >= 0.3 is 5.97 Å². The van der Waals surface area contributed by atoms with Crippen LogP contribution in [0.1, 0.15) is 133 Å². The molecule has 2 aromatic carbocycles. The first-order valence-corrected chi connectivity index (χ1v) is 21.5. The van der Waals surface area contributed by atoms with Crippen LogP contribution in [0.25, 0.3) is 10.9 Å². The number of carboxylic acids is 1. The van der Waals surface area contributed by atoms with Gasteiger partial charge in [0.05, 0.1) is 12.1 Å². The third-order valence-electron chi connectivity index (χ3n) is 10.7. The number of carbonyl (C=O) groups excluding carboxylic acids is 3. The number of rotatable bonds is 29. The predicted molar refractivity (Wildman–Crippen MR) is 230 cm³/mol. The quantitative estimate of drug-likeness (QED) is 0.0359. The molecule has 0 spiro atoms. The van der Waals surface area contributed by atoms with Crippen molar-refractivity contribution < 1.29 is 34.1 Å². The lowest BCUT2D eigenvalue weighted by Gasteiger charge is -2.28. The van der Waals surface area contributed by atoms with Crippen LogP contribution in [-0.2, 0) is 27.2 Å². The third kappa shape index (κ3) is 15.6. The molecule has 0 aliphatic carbocycles. The zero-order valence-corrected chi connectivity index (χ0v) is 35.2. The third-order valence-corrected chi connectivity index (χ3v) is 10.7. The Kier molecular flexibility index (Phi) is 21.1.